The second-order valence-electron chi connectivity index (χ2n) is 4.37. The second kappa shape index (κ2) is 6.03. The number of benzene rings is 1. The number of hydrogen-bond donors (Lipinski definition) is 1. The van der Waals surface area contributed by atoms with Crippen molar-refractivity contribution >= 4 is 11.6 Å². The predicted octanol–water partition coefficient (Wildman–Crippen LogP) is 3.19. The minimum atomic E-state index is -0.114. The van der Waals surface area contributed by atoms with E-state index in [0.29, 0.717) is 6.42 Å². The van der Waals surface area contributed by atoms with Crippen LogP contribution in [-0.2, 0) is 13.0 Å². The Morgan fingerprint density at radius 2 is 2.17 bits per heavy atom. The number of hydrogen-bond acceptors (Lipinski definition) is 2. The summed E-state index contributed by atoms with van der Waals surface area (Å²) in [6, 6.07) is 7.60. The van der Waals surface area contributed by atoms with E-state index in [1.807, 2.05) is 36.7 Å². The Labute approximate surface area is 113 Å². The van der Waals surface area contributed by atoms with Crippen molar-refractivity contribution in [1.29, 1.82) is 0 Å². The first kappa shape index (κ1) is 13.1. The molecule has 2 N–H and O–H groups in total. The fourth-order valence-corrected chi connectivity index (χ4v) is 2.33. The van der Waals surface area contributed by atoms with Gasteiger partial charge in [-0.3, -0.25) is 0 Å². The first-order chi connectivity index (χ1) is 8.72. The molecular weight excluding hydrogens is 246 g/mol. The van der Waals surface area contributed by atoms with Crippen LogP contribution in [0.5, 0.6) is 0 Å². The molecule has 1 atom stereocenters. The van der Waals surface area contributed by atoms with Crippen molar-refractivity contribution in [3.8, 4) is 0 Å². The first-order valence-electron chi connectivity index (χ1n) is 6.22. The van der Waals surface area contributed by atoms with Gasteiger partial charge in [0.05, 0.1) is 0 Å². The third kappa shape index (κ3) is 2.92. The average Bonchev–Trinajstić information content (AvgIpc) is 2.78. The van der Waals surface area contributed by atoms with Crippen molar-refractivity contribution in [3.63, 3.8) is 0 Å². The molecule has 0 saturated carbocycles. The molecule has 0 radical (unpaired) electrons. The van der Waals surface area contributed by atoms with E-state index in [-0.39, 0.29) is 6.04 Å². The highest BCUT2D eigenvalue weighted by atomic mass is 35.5. The summed E-state index contributed by atoms with van der Waals surface area (Å²) in [4.78, 5) is 4.37. The van der Waals surface area contributed by atoms with E-state index in [1.54, 1.807) is 0 Å². The monoisotopic (exact) mass is 263 g/mol. The largest absolute Gasteiger partial charge is 0.335 e. The zero-order chi connectivity index (χ0) is 13.0. The summed E-state index contributed by atoms with van der Waals surface area (Å²) >= 11 is 6.15. The molecule has 18 heavy (non-hydrogen) atoms. The van der Waals surface area contributed by atoms with Crippen LogP contribution in [0.1, 0.15) is 30.8 Å². The van der Waals surface area contributed by atoms with Gasteiger partial charge in [0, 0.05) is 36.4 Å². The van der Waals surface area contributed by atoms with E-state index in [4.69, 9.17) is 17.3 Å². The third-order valence-electron chi connectivity index (χ3n) is 2.97. The maximum atomic E-state index is 6.21. The number of aromatic nitrogens is 2. The molecular formula is C14H18ClN3. The maximum absolute atomic E-state index is 6.21. The fraction of sp³-hybridized carbons (Fsp3) is 0.357. The Bertz CT molecular complexity index is 507. The zero-order valence-corrected chi connectivity index (χ0v) is 11.3. The Morgan fingerprint density at radius 3 is 2.89 bits per heavy atom. The summed E-state index contributed by atoms with van der Waals surface area (Å²) in [5.74, 6) is 1.02. The van der Waals surface area contributed by atoms with E-state index in [9.17, 15) is 0 Å². The molecule has 2 aromatic rings. The Morgan fingerprint density at radius 1 is 1.39 bits per heavy atom. The van der Waals surface area contributed by atoms with Gasteiger partial charge in [-0.25, -0.2) is 4.98 Å². The Balaban J connectivity index is 2.14. The SMILES string of the molecule is CCCn1ccnc1CC(N)c1ccccc1Cl. The first-order valence-corrected chi connectivity index (χ1v) is 6.60. The molecule has 96 valence electrons. The van der Waals surface area contributed by atoms with Gasteiger partial charge in [0.15, 0.2) is 0 Å². The van der Waals surface area contributed by atoms with Crippen molar-refractivity contribution in [2.24, 2.45) is 5.73 Å². The van der Waals surface area contributed by atoms with Gasteiger partial charge >= 0.3 is 0 Å². The number of halogens is 1. The lowest BCUT2D eigenvalue weighted by Crippen LogP contribution is -2.17. The highest BCUT2D eigenvalue weighted by molar-refractivity contribution is 6.31. The van der Waals surface area contributed by atoms with Crippen LogP contribution in [0.15, 0.2) is 36.7 Å². The molecule has 1 aromatic carbocycles. The van der Waals surface area contributed by atoms with Crippen LogP contribution in [0.25, 0.3) is 0 Å². The summed E-state index contributed by atoms with van der Waals surface area (Å²) in [6.07, 6.45) is 5.61. The minimum absolute atomic E-state index is 0.114. The van der Waals surface area contributed by atoms with Gasteiger partial charge in [0.2, 0.25) is 0 Å². The summed E-state index contributed by atoms with van der Waals surface area (Å²) in [7, 11) is 0. The molecule has 0 bridgehead atoms. The van der Waals surface area contributed by atoms with Crippen LogP contribution in [0.2, 0.25) is 5.02 Å². The molecule has 0 spiro atoms. The van der Waals surface area contributed by atoms with Crippen molar-refractivity contribution in [2.75, 3.05) is 0 Å². The van der Waals surface area contributed by atoms with Crippen LogP contribution in [0, 0.1) is 0 Å². The summed E-state index contributed by atoms with van der Waals surface area (Å²) in [5.41, 5.74) is 7.19. The van der Waals surface area contributed by atoms with E-state index >= 15 is 0 Å². The van der Waals surface area contributed by atoms with Crippen LogP contribution in [0.4, 0.5) is 0 Å². The molecule has 4 heteroatoms. The number of aryl methyl sites for hydroxylation is 1. The Kier molecular flexibility index (Phi) is 4.39. The topological polar surface area (TPSA) is 43.8 Å². The zero-order valence-electron chi connectivity index (χ0n) is 10.5. The van der Waals surface area contributed by atoms with Crippen molar-refractivity contribution in [3.05, 3.63) is 53.1 Å². The van der Waals surface area contributed by atoms with Gasteiger partial charge in [-0.1, -0.05) is 36.7 Å². The second-order valence-corrected chi connectivity index (χ2v) is 4.78. The van der Waals surface area contributed by atoms with Gasteiger partial charge in [-0.15, -0.1) is 0 Å². The molecule has 0 amide bonds. The predicted molar refractivity (Wildman–Crippen MR) is 74.6 cm³/mol. The van der Waals surface area contributed by atoms with E-state index in [0.717, 1.165) is 29.4 Å². The van der Waals surface area contributed by atoms with Gasteiger partial charge in [-0.2, -0.15) is 0 Å². The molecule has 1 unspecified atom stereocenters. The van der Waals surface area contributed by atoms with E-state index in [2.05, 4.69) is 16.5 Å². The van der Waals surface area contributed by atoms with Crippen LogP contribution >= 0.6 is 11.6 Å². The van der Waals surface area contributed by atoms with Crippen molar-refractivity contribution in [1.82, 2.24) is 9.55 Å². The van der Waals surface area contributed by atoms with Crippen LogP contribution < -0.4 is 5.73 Å². The molecule has 0 aliphatic carbocycles. The third-order valence-corrected chi connectivity index (χ3v) is 3.32. The summed E-state index contributed by atoms with van der Waals surface area (Å²) < 4.78 is 2.15. The van der Waals surface area contributed by atoms with Crippen LogP contribution in [0.3, 0.4) is 0 Å². The highest BCUT2D eigenvalue weighted by Crippen LogP contribution is 2.23. The number of nitrogens with two attached hydrogens (primary N) is 1. The smallest absolute Gasteiger partial charge is 0.110 e. The standard InChI is InChI=1S/C14H18ClN3/c1-2-8-18-9-7-17-14(18)10-13(16)11-5-3-4-6-12(11)15/h3-7,9,13H,2,8,10,16H2,1H3. The molecule has 1 heterocycles. The number of imidazole rings is 1. The quantitative estimate of drug-likeness (QED) is 0.900. The maximum Gasteiger partial charge on any atom is 0.110 e. The minimum Gasteiger partial charge on any atom is -0.335 e. The molecule has 0 saturated heterocycles. The van der Waals surface area contributed by atoms with Gasteiger partial charge in [0.1, 0.15) is 5.82 Å². The van der Waals surface area contributed by atoms with Gasteiger partial charge in [-0.05, 0) is 18.1 Å². The molecule has 3 nitrogen and oxygen atoms in total. The lowest BCUT2D eigenvalue weighted by Gasteiger charge is -2.14. The van der Waals surface area contributed by atoms with E-state index in [1.165, 1.54) is 0 Å². The fourth-order valence-electron chi connectivity index (χ4n) is 2.06. The molecule has 0 aliphatic heterocycles. The van der Waals surface area contributed by atoms with Crippen LogP contribution in [-0.4, -0.2) is 9.55 Å². The van der Waals surface area contributed by atoms with E-state index < -0.39 is 0 Å². The highest BCUT2D eigenvalue weighted by Gasteiger charge is 2.13. The average molecular weight is 264 g/mol. The van der Waals surface area contributed by atoms with Crippen molar-refractivity contribution in [2.45, 2.75) is 32.4 Å². The van der Waals surface area contributed by atoms with Gasteiger partial charge in [0.25, 0.3) is 0 Å². The number of rotatable bonds is 5. The summed E-state index contributed by atoms with van der Waals surface area (Å²) in [5, 5.41) is 0.721. The molecule has 0 fully saturated rings. The Hall–Kier alpha value is -1.32. The summed E-state index contributed by atoms with van der Waals surface area (Å²) in [6.45, 7) is 3.13. The molecule has 2 rings (SSSR count). The molecule has 1 aromatic heterocycles. The van der Waals surface area contributed by atoms with Gasteiger partial charge < -0.3 is 10.3 Å². The normalized spacial score (nSPS) is 12.6. The number of nitrogens with zero attached hydrogens (tertiary/aromatic N) is 2. The molecule has 0 aliphatic rings. The lowest BCUT2D eigenvalue weighted by molar-refractivity contribution is 0.599. The lowest BCUT2D eigenvalue weighted by atomic mass is 10.0. The van der Waals surface area contributed by atoms with Crippen molar-refractivity contribution < 1.29 is 0 Å².